The Hall–Kier alpha value is -1.51. The summed E-state index contributed by atoms with van der Waals surface area (Å²) in [6.07, 6.45) is 6.60. The molecule has 2 fully saturated rings. The first-order chi connectivity index (χ1) is 10.3. The molecule has 2 unspecified atom stereocenters. The van der Waals surface area contributed by atoms with Crippen molar-refractivity contribution in [2.75, 3.05) is 13.6 Å². The summed E-state index contributed by atoms with van der Waals surface area (Å²) in [7, 11) is 1.87. The van der Waals surface area contributed by atoms with E-state index in [4.69, 9.17) is 0 Å². The lowest BCUT2D eigenvalue weighted by Crippen LogP contribution is -2.46. The minimum atomic E-state index is 0.528. The van der Waals surface area contributed by atoms with Crippen LogP contribution in [-0.4, -0.2) is 25.6 Å². The second kappa shape index (κ2) is 6.08. The summed E-state index contributed by atoms with van der Waals surface area (Å²) in [4.78, 5) is 4.39. The minimum absolute atomic E-state index is 0.528. The number of guanidine groups is 1. The normalized spacial score (nSPS) is 26.9. The molecule has 0 aliphatic heterocycles. The van der Waals surface area contributed by atoms with Crippen molar-refractivity contribution in [3.8, 4) is 0 Å². The van der Waals surface area contributed by atoms with Crippen LogP contribution in [0.4, 0.5) is 0 Å². The number of nitrogens with zero attached hydrogens (tertiary/aromatic N) is 1. The van der Waals surface area contributed by atoms with Gasteiger partial charge < -0.3 is 10.6 Å². The molecule has 2 aliphatic carbocycles. The second-order valence-electron chi connectivity index (χ2n) is 6.64. The fourth-order valence-electron chi connectivity index (χ4n) is 3.40. The maximum Gasteiger partial charge on any atom is 0.191 e. The molecule has 0 bridgehead atoms. The van der Waals surface area contributed by atoms with Gasteiger partial charge in [0.25, 0.3) is 0 Å². The van der Waals surface area contributed by atoms with E-state index in [1.807, 2.05) is 7.05 Å². The molecule has 0 amide bonds. The van der Waals surface area contributed by atoms with Crippen molar-refractivity contribution in [2.24, 2.45) is 10.4 Å². The maximum atomic E-state index is 4.39. The van der Waals surface area contributed by atoms with E-state index in [1.54, 1.807) is 0 Å². The van der Waals surface area contributed by atoms with Gasteiger partial charge in [0.05, 0.1) is 0 Å². The van der Waals surface area contributed by atoms with Crippen molar-refractivity contribution in [1.82, 2.24) is 10.6 Å². The zero-order valence-corrected chi connectivity index (χ0v) is 13.2. The van der Waals surface area contributed by atoms with E-state index in [0.29, 0.717) is 17.4 Å². The molecule has 0 saturated heterocycles. The molecule has 21 heavy (non-hydrogen) atoms. The predicted octanol–water partition coefficient (Wildman–Crippen LogP) is 3.29. The van der Waals surface area contributed by atoms with Gasteiger partial charge in [-0.1, -0.05) is 43.7 Å². The van der Waals surface area contributed by atoms with E-state index in [1.165, 1.54) is 37.7 Å². The third-order valence-corrected chi connectivity index (χ3v) is 5.36. The summed E-state index contributed by atoms with van der Waals surface area (Å²) in [5.41, 5.74) is 1.97. The van der Waals surface area contributed by atoms with Gasteiger partial charge in [-0.15, -0.1) is 0 Å². The minimum Gasteiger partial charge on any atom is -0.356 e. The van der Waals surface area contributed by atoms with E-state index < -0.39 is 0 Å². The first-order valence-corrected chi connectivity index (χ1v) is 8.28. The van der Waals surface area contributed by atoms with Gasteiger partial charge in [0.1, 0.15) is 0 Å². The fraction of sp³-hybridized carbons (Fsp3) is 0.611. The van der Waals surface area contributed by atoms with Crippen LogP contribution in [0.2, 0.25) is 0 Å². The van der Waals surface area contributed by atoms with Crippen molar-refractivity contribution in [3.63, 3.8) is 0 Å². The molecule has 2 aliphatic rings. The van der Waals surface area contributed by atoms with Crippen molar-refractivity contribution >= 4 is 5.96 Å². The Labute approximate surface area is 128 Å². The predicted molar refractivity (Wildman–Crippen MR) is 88.7 cm³/mol. The van der Waals surface area contributed by atoms with Gasteiger partial charge in [0.2, 0.25) is 0 Å². The summed E-state index contributed by atoms with van der Waals surface area (Å²) >= 11 is 0. The molecule has 1 aromatic rings. The SMILES string of the molecule is CCC1(CNC(=NC)NC2CC2c2ccccc2)CCC1. The summed E-state index contributed by atoms with van der Waals surface area (Å²) in [5, 5.41) is 7.12. The van der Waals surface area contributed by atoms with Gasteiger partial charge >= 0.3 is 0 Å². The third kappa shape index (κ3) is 3.22. The summed E-state index contributed by atoms with van der Waals surface area (Å²) < 4.78 is 0. The molecule has 0 aromatic heterocycles. The molecule has 2 saturated carbocycles. The Balaban J connectivity index is 1.48. The second-order valence-corrected chi connectivity index (χ2v) is 6.64. The first kappa shape index (κ1) is 14.4. The van der Waals surface area contributed by atoms with Crippen LogP contribution in [0.3, 0.4) is 0 Å². The van der Waals surface area contributed by atoms with Crippen LogP contribution >= 0.6 is 0 Å². The van der Waals surface area contributed by atoms with Crippen LogP contribution in [0, 0.1) is 5.41 Å². The van der Waals surface area contributed by atoms with Gasteiger partial charge in [-0.3, -0.25) is 4.99 Å². The Bertz CT molecular complexity index is 485. The number of benzene rings is 1. The van der Waals surface area contributed by atoms with Crippen molar-refractivity contribution < 1.29 is 0 Å². The molecule has 0 heterocycles. The highest BCUT2D eigenvalue weighted by Crippen LogP contribution is 2.43. The highest BCUT2D eigenvalue weighted by atomic mass is 15.2. The summed E-state index contributed by atoms with van der Waals surface area (Å²) in [6.45, 7) is 3.37. The Kier molecular flexibility index (Phi) is 4.18. The van der Waals surface area contributed by atoms with Crippen LogP contribution in [0.25, 0.3) is 0 Å². The highest BCUT2D eigenvalue weighted by molar-refractivity contribution is 5.80. The molecule has 3 rings (SSSR count). The van der Waals surface area contributed by atoms with Crippen molar-refractivity contribution in [3.05, 3.63) is 35.9 Å². The number of hydrogen-bond acceptors (Lipinski definition) is 1. The quantitative estimate of drug-likeness (QED) is 0.643. The van der Waals surface area contributed by atoms with Gasteiger partial charge in [-0.05, 0) is 36.7 Å². The first-order valence-electron chi connectivity index (χ1n) is 8.28. The smallest absolute Gasteiger partial charge is 0.191 e. The molecule has 0 spiro atoms. The number of hydrogen-bond donors (Lipinski definition) is 2. The average molecular weight is 285 g/mol. The van der Waals surface area contributed by atoms with Crippen LogP contribution in [0.15, 0.2) is 35.3 Å². The van der Waals surface area contributed by atoms with Crippen LogP contribution in [0.5, 0.6) is 0 Å². The fourth-order valence-corrected chi connectivity index (χ4v) is 3.40. The van der Waals surface area contributed by atoms with E-state index in [-0.39, 0.29) is 0 Å². The topological polar surface area (TPSA) is 36.4 Å². The summed E-state index contributed by atoms with van der Waals surface area (Å²) in [5.74, 6) is 1.62. The summed E-state index contributed by atoms with van der Waals surface area (Å²) in [6, 6.07) is 11.3. The third-order valence-electron chi connectivity index (χ3n) is 5.36. The molecule has 2 atom stereocenters. The van der Waals surface area contributed by atoms with Gasteiger partial charge in [-0.25, -0.2) is 0 Å². The molecule has 3 heteroatoms. The lowest BCUT2D eigenvalue weighted by Gasteiger charge is -2.41. The Morgan fingerprint density at radius 3 is 2.62 bits per heavy atom. The zero-order valence-electron chi connectivity index (χ0n) is 13.2. The molecule has 2 N–H and O–H groups in total. The molecular formula is C18H27N3. The lowest BCUT2D eigenvalue weighted by atomic mass is 9.67. The molecule has 3 nitrogen and oxygen atoms in total. The van der Waals surface area contributed by atoms with Crippen molar-refractivity contribution in [1.29, 1.82) is 0 Å². The largest absolute Gasteiger partial charge is 0.356 e. The monoisotopic (exact) mass is 285 g/mol. The molecular weight excluding hydrogens is 258 g/mol. The maximum absolute atomic E-state index is 4.39. The average Bonchev–Trinajstić information content (AvgIpc) is 3.25. The molecule has 114 valence electrons. The number of rotatable bonds is 5. The number of aliphatic imine (C=N–C) groups is 1. The highest BCUT2D eigenvalue weighted by Gasteiger charge is 2.39. The molecule has 1 aromatic carbocycles. The lowest BCUT2D eigenvalue weighted by molar-refractivity contribution is 0.131. The number of nitrogens with one attached hydrogen (secondary N) is 2. The van der Waals surface area contributed by atoms with E-state index in [0.717, 1.165) is 12.5 Å². The van der Waals surface area contributed by atoms with Crippen molar-refractivity contribution in [2.45, 2.75) is 51.0 Å². The van der Waals surface area contributed by atoms with Crippen LogP contribution in [0.1, 0.15) is 50.5 Å². The zero-order chi connectivity index (χ0) is 14.7. The van der Waals surface area contributed by atoms with E-state index >= 15 is 0 Å². The standard InChI is InChI=1S/C18H27N3/c1-3-18(10-7-11-18)13-20-17(19-2)21-16-12-15(16)14-8-5-4-6-9-14/h4-6,8-9,15-16H,3,7,10-13H2,1-2H3,(H2,19,20,21). The molecule has 0 radical (unpaired) electrons. The van der Waals surface area contributed by atoms with Gasteiger partial charge in [-0.2, -0.15) is 0 Å². The Morgan fingerprint density at radius 2 is 2.05 bits per heavy atom. The van der Waals surface area contributed by atoms with Crippen LogP contribution in [-0.2, 0) is 0 Å². The van der Waals surface area contributed by atoms with E-state index in [2.05, 4.69) is 52.9 Å². The van der Waals surface area contributed by atoms with Gasteiger partial charge in [0.15, 0.2) is 5.96 Å². The Morgan fingerprint density at radius 1 is 1.29 bits per heavy atom. The van der Waals surface area contributed by atoms with E-state index in [9.17, 15) is 0 Å². The van der Waals surface area contributed by atoms with Crippen LogP contribution < -0.4 is 10.6 Å². The van der Waals surface area contributed by atoms with Gasteiger partial charge in [0, 0.05) is 25.6 Å².